The molecule has 0 spiro atoms. The molecule has 5 heteroatoms. The van der Waals surface area contributed by atoms with Crippen LogP contribution in [0, 0.1) is 11.3 Å². The quantitative estimate of drug-likeness (QED) is 0.873. The molecular formula is C16H29N3O2. The third-order valence-corrected chi connectivity index (χ3v) is 4.52. The summed E-state index contributed by atoms with van der Waals surface area (Å²) in [5.41, 5.74) is 6.00. The van der Waals surface area contributed by atoms with Crippen molar-refractivity contribution in [1.82, 2.24) is 10.1 Å². The lowest BCUT2D eigenvalue weighted by Crippen LogP contribution is -2.24. The zero-order valence-electron chi connectivity index (χ0n) is 13.6. The first-order chi connectivity index (χ1) is 10.0. The van der Waals surface area contributed by atoms with Crippen LogP contribution < -0.4 is 5.73 Å². The Hall–Kier alpha value is -0.940. The largest absolute Gasteiger partial charge is 0.381 e. The molecule has 21 heavy (non-hydrogen) atoms. The molecular weight excluding hydrogens is 266 g/mol. The first-order valence-electron chi connectivity index (χ1n) is 8.11. The van der Waals surface area contributed by atoms with Gasteiger partial charge in [0.1, 0.15) is 0 Å². The Morgan fingerprint density at radius 3 is 2.57 bits per heavy atom. The van der Waals surface area contributed by atoms with Crippen LogP contribution in [0.2, 0.25) is 0 Å². The van der Waals surface area contributed by atoms with Crippen molar-refractivity contribution >= 4 is 0 Å². The van der Waals surface area contributed by atoms with Gasteiger partial charge in [0.15, 0.2) is 5.82 Å². The predicted molar refractivity (Wildman–Crippen MR) is 82.0 cm³/mol. The maximum Gasteiger partial charge on any atom is 0.226 e. The van der Waals surface area contributed by atoms with Crippen LogP contribution in [0.15, 0.2) is 4.52 Å². The number of hydrogen-bond acceptors (Lipinski definition) is 5. The van der Waals surface area contributed by atoms with Crippen LogP contribution in [0.3, 0.4) is 0 Å². The molecule has 1 aliphatic rings. The first kappa shape index (κ1) is 16.4. The molecule has 5 nitrogen and oxygen atoms in total. The highest BCUT2D eigenvalue weighted by molar-refractivity contribution is 4.97. The standard InChI is InChI=1S/C16H29N3O2/c1-16(2,3)13(6-9-17)4-5-14-18-15(19-21-14)12-7-10-20-11-8-12/h12-13H,4-11,17H2,1-3H3. The second-order valence-corrected chi connectivity index (χ2v) is 7.11. The van der Waals surface area contributed by atoms with Gasteiger partial charge in [0.25, 0.3) is 0 Å². The second-order valence-electron chi connectivity index (χ2n) is 7.11. The van der Waals surface area contributed by atoms with Crippen molar-refractivity contribution in [2.24, 2.45) is 17.1 Å². The summed E-state index contributed by atoms with van der Waals surface area (Å²) in [5.74, 6) is 2.61. The highest BCUT2D eigenvalue weighted by Crippen LogP contribution is 2.32. The van der Waals surface area contributed by atoms with E-state index in [-0.39, 0.29) is 5.41 Å². The predicted octanol–water partition coefficient (Wildman–Crippen LogP) is 2.91. The first-order valence-corrected chi connectivity index (χ1v) is 8.11. The van der Waals surface area contributed by atoms with Gasteiger partial charge >= 0.3 is 0 Å². The summed E-state index contributed by atoms with van der Waals surface area (Å²) in [6.07, 6.45) is 4.94. The van der Waals surface area contributed by atoms with E-state index in [9.17, 15) is 0 Å². The lowest BCUT2D eigenvalue weighted by atomic mass is 9.76. The maximum absolute atomic E-state index is 5.73. The third kappa shape index (κ3) is 4.78. The molecule has 2 N–H and O–H groups in total. The Bertz CT molecular complexity index is 419. The van der Waals surface area contributed by atoms with E-state index < -0.39 is 0 Å². The van der Waals surface area contributed by atoms with E-state index in [0.29, 0.717) is 11.8 Å². The number of nitrogens with two attached hydrogens (primary N) is 1. The number of rotatable bonds is 6. The summed E-state index contributed by atoms with van der Waals surface area (Å²) >= 11 is 0. The molecule has 2 rings (SSSR count). The Kier molecular flexibility index (Phi) is 5.76. The monoisotopic (exact) mass is 295 g/mol. The SMILES string of the molecule is CC(C)(C)C(CCN)CCc1nc(C2CCOCC2)no1. The van der Waals surface area contributed by atoms with Gasteiger partial charge in [0, 0.05) is 25.6 Å². The summed E-state index contributed by atoms with van der Waals surface area (Å²) in [6, 6.07) is 0. The molecule has 0 radical (unpaired) electrons. The molecule has 1 unspecified atom stereocenters. The Balaban J connectivity index is 1.89. The molecule has 0 amide bonds. The third-order valence-electron chi connectivity index (χ3n) is 4.52. The molecule has 1 aromatic heterocycles. The lowest BCUT2D eigenvalue weighted by Gasteiger charge is -2.30. The highest BCUT2D eigenvalue weighted by atomic mass is 16.5. The van der Waals surface area contributed by atoms with Crippen molar-refractivity contribution in [3.63, 3.8) is 0 Å². The zero-order valence-corrected chi connectivity index (χ0v) is 13.6. The van der Waals surface area contributed by atoms with Gasteiger partial charge in [-0.25, -0.2) is 0 Å². The molecule has 1 fully saturated rings. The van der Waals surface area contributed by atoms with Gasteiger partial charge in [0.05, 0.1) is 0 Å². The fraction of sp³-hybridized carbons (Fsp3) is 0.875. The van der Waals surface area contributed by atoms with Gasteiger partial charge in [-0.1, -0.05) is 25.9 Å². The lowest BCUT2D eigenvalue weighted by molar-refractivity contribution is 0.0830. The van der Waals surface area contributed by atoms with Crippen LogP contribution in [0.5, 0.6) is 0 Å². The van der Waals surface area contributed by atoms with Crippen molar-refractivity contribution in [3.8, 4) is 0 Å². The molecule has 1 atom stereocenters. The summed E-state index contributed by atoms with van der Waals surface area (Å²) in [6.45, 7) is 9.16. The van der Waals surface area contributed by atoms with Crippen LogP contribution in [-0.4, -0.2) is 29.9 Å². The average Bonchev–Trinajstić information content (AvgIpc) is 2.92. The van der Waals surface area contributed by atoms with E-state index in [1.807, 2.05) is 0 Å². The van der Waals surface area contributed by atoms with Crippen LogP contribution in [0.25, 0.3) is 0 Å². The molecule has 120 valence electrons. The molecule has 0 aliphatic carbocycles. The normalized spacial score (nSPS) is 18.9. The van der Waals surface area contributed by atoms with Crippen LogP contribution >= 0.6 is 0 Å². The highest BCUT2D eigenvalue weighted by Gasteiger charge is 2.25. The minimum absolute atomic E-state index is 0.267. The average molecular weight is 295 g/mol. The molecule has 0 aromatic carbocycles. The van der Waals surface area contributed by atoms with Crippen molar-refractivity contribution in [2.45, 2.75) is 58.8 Å². The minimum Gasteiger partial charge on any atom is -0.381 e. The minimum atomic E-state index is 0.267. The molecule has 1 saturated heterocycles. The topological polar surface area (TPSA) is 74.2 Å². The van der Waals surface area contributed by atoms with E-state index >= 15 is 0 Å². The van der Waals surface area contributed by atoms with Gasteiger partial charge in [-0.3, -0.25) is 0 Å². The zero-order chi connectivity index (χ0) is 15.3. The molecule has 0 bridgehead atoms. The number of ether oxygens (including phenoxy) is 1. The maximum atomic E-state index is 5.73. The van der Waals surface area contributed by atoms with E-state index in [0.717, 1.165) is 63.6 Å². The Labute approximate surface area is 127 Å². The smallest absolute Gasteiger partial charge is 0.226 e. The van der Waals surface area contributed by atoms with Crippen molar-refractivity contribution in [2.75, 3.05) is 19.8 Å². The Morgan fingerprint density at radius 2 is 1.95 bits per heavy atom. The number of aromatic nitrogens is 2. The van der Waals surface area contributed by atoms with Crippen LogP contribution in [0.4, 0.5) is 0 Å². The van der Waals surface area contributed by atoms with E-state index in [1.54, 1.807) is 0 Å². The molecule has 0 saturated carbocycles. The Morgan fingerprint density at radius 1 is 1.24 bits per heavy atom. The fourth-order valence-corrected chi connectivity index (χ4v) is 3.00. The van der Waals surface area contributed by atoms with E-state index in [4.69, 9.17) is 15.0 Å². The van der Waals surface area contributed by atoms with Gasteiger partial charge in [-0.15, -0.1) is 0 Å². The van der Waals surface area contributed by atoms with Crippen molar-refractivity contribution in [3.05, 3.63) is 11.7 Å². The number of nitrogens with zero attached hydrogens (tertiary/aromatic N) is 2. The van der Waals surface area contributed by atoms with Gasteiger partial charge < -0.3 is 15.0 Å². The van der Waals surface area contributed by atoms with E-state index in [1.165, 1.54) is 0 Å². The van der Waals surface area contributed by atoms with Crippen LogP contribution in [-0.2, 0) is 11.2 Å². The molecule has 2 heterocycles. The van der Waals surface area contributed by atoms with Gasteiger partial charge in [0.2, 0.25) is 5.89 Å². The van der Waals surface area contributed by atoms with Crippen LogP contribution in [0.1, 0.15) is 64.1 Å². The van der Waals surface area contributed by atoms with Gasteiger partial charge in [-0.05, 0) is 43.6 Å². The second kappa shape index (κ2) is 7.36. The molecule has 1 aromatic rings. The summed E-state index contributed by atoms with van der Waals surface area (Å²) in [7, 11) is 0. The summed E-state index contributed by atoms with van der Waals surface area (Å²) < 4.78 is 10.8. The van der Waals surface area contributed by atoms with Gasteiger partial charge in [-0.2, -0.15) is 4.98 Å². The number of aryl methyl sites for hydroxylation is 1. The molecule has 1 aliphatic heterocycles. The fourth-order valence-electron chi connectivity index (χ4n) is 3.00. The summed E-state index contributed by atoms with van der Waals surface area (Å²) in [5, 5.41) is 4.16. The summed E-state index contributed by atoms with van der Waals surface area (Å²) in [4.78, 5) is 4.58. The van der Waals surface area contributed by atoms with E-state index in [2.05, 4.69) is 30.9 Å². The van der Waals surface area contributed by atoms with Crippen molar-refractivity contribution in [1.29, 1.82) is 0 Å². The van der Waals surface area contributed by atoms with Crippen molar-refractivity contribution < 1.29 is 9.26 Å². The number of hydrogen-bond donors (Lipinski definition) is 1.